The Kier molecular flexibility index (Phi) is 4.51. The molecule has 0 aliphatic carbocycles. The fraction of sp³-hybridized carbons (Fsp3) is 0.333. The zero-order chi connectivity index (χ0) is 17.3. The van der Waals surface area contributed by atoms with Crippen LogP contribution in [-0.2, 0) is 16.6 Å². The summed E-state index contributed by atoms with van der Waals surface area (Å²) in [6.45, 7) is 5.01. The number of aryl methyl sites for hydroxylation is 2. The van der Waals surface area contributed by atoms with Gasteiger partial charge in [0.05, 0.1) is 4.90 Å². The van der Waals surface area contributed by atoms with Crippen LogP contribution < -0.4 is 9.47 Å². The van der Waals surface area contributed by atoms with Gasteiger partial charge in [0.15, 0.2) is 11.5 Å². The van der Waals surface area contributed by atoms with Gasteiger partial charge in [-0.25, -0.2) is 8.42 Å². The second-order valence-corrected chi connectivity index (χ2v) is 8.02. The Bertz CT molecular complexity index is 861. The fourth-order valence-corrected chi connectivity index (χ4v) is 4.15. The fourth-order valence-electron chi connectivity index (χ4n) is 2.68. The largest absolute Gasteiger partial charge is 0.486 e. The van der Waals surface area contributed by atoms with Crippen molar-refractivity contribution in [2.75, 3.05) is 20.3 Å². The summed E-state index contributed by atoms with van der Waals surface area (Å²) in [4.78, 5) is 0.350. The van der Waals surface area contributed by atoms with Crippen molar-refractivity contribution in [1.82, 2.24) is 4.31 Å². The topological polar surface area (TPSA) is 55.8 Å². The van der Waals surface area contributed by atoms with Crippen LogP contribution in [0.15, 0.2) is 41.3 Å². The first-order valence-electron chi connectivity index (χ1n) is 7.80. The van der Waals surface area contributed by atoms with Crippen LogP contribution in [0.3, 0.4) is 0 Å². The SMILES string of the molecule is Cc1ccc(C)c(S(=O)(=O)N(C)Cc2ccc3c(c2)OCCO3)c1. The molecule has 1 heterocycles. The van der Waals surface area contributed by atoms with Crippen LogP contribution in [-0.4, -0.2) is 33.0 Å². The van der Waals surface area contributed by atoms with Crippen molar-refractivity contribution in [2.24, 2.45) is 0 Å². The molecule has 1 aliphatic heterocycles. The number of sulfonamides is 1. The van der Waals surface area contributed by atoms with Gasteiger partial charge in [0, 0.05) is 13.6 Å². The minimum absolute atomic E-state index is 0.270. The van der Waals surface area contributed by atoms with Crippen LogP contribution in [0.25, 0.3) is 0 Å². The van der Waals surface area contributed by atoms with Crippen molar-refractivity contribution in [3.8, 4) is 11.5 Å². The number of hydrogen-bond donors (Lipinski definition) is 0. The number of hydrogen-bond acceptors (Lipinski definition) is 4. The highest BCUT2D eigenvalue weighted by Gasteiger charge is 2.23. The molecule has 0 amide bonds. The molecule has 0 spiro atoms. The van der Waals surface area contributed by atoms with Gasteiger partial charge >= 0.3 is 0 Å². The van der Waals surface area contributed by atoms with E-state index >= 15 is 0 Å². The Morgan fingerprint density at radius 3 is 2.46 bits per heavy atom. The van der Waals surface area contributed by atoms with Gasteiger partial charge in [0.1, 0.15) is 13.2 Å². The van der Waals surface area contributed by atoms with Crippen LogP contribution in [0.4, 0.5) is 0 Å². The molecule has 2 aromatic rings. The molecule has 128 valence electrons. The van der Waals surface area contributed by atoms with E-state index in [0.717, 1.165) is 16.7 Å². The van der Waals surface area contributed by atoms with Gasteiger partial charge in [-0.1, -0.05) is 18.2 Å². The smallest absolute Gasteiger partial charge is 0.243 e. The number of ether oxygens (including phenoxy) is 2. The number of fused-ring (bicyclic) bond motifs is 1. The Hall–Kier alpha value is -2.05. The summed E-state index contributed by atoms with van der Waals surface area (Å²) in [6, 6.07) is 11.0. The minimum Gasteiger partial charge on any atom is -0.486 e. The first kappa shape index (κ1) is 16.8. The summed E-state index contributed by atoms with van der Waals surface area (Å²) in [7, 11) is -1.96. The Morgan fingerprint density at radius 2 is 1.71 bits per heavy atom. The quantitative estimate of drug-likeness (QED) is 0.853. The maximum absolute atomic E-state index is 12.9. The molecule has 0 saturated heterocycles. The summed E-state index contributed by atoms with van der Waals surface area (Å²) < 4.78 is 38.1. The van der Waals surface area contributed by atoms with E-state index in [1.54, 1.807) is 13.1 Å². The Balaban J connectivity index is 1.86. The molecule has 0 fully saturated rings. The lowest BCUT2D eigenvalue weighted by Gasteiger charge is -2.21. The highest BCUT2D eigenvalue weighted by molar-refractivity contribution is 7.89. The van der Waals surface area contributed by atoms with E-state index in [9.17, 15) is 8.42 Å². The molecule has 6 heteroatoms. The van der Waals surface area contributed by atoms with Gasteiger partial charge in [-0.3, -0.25) is 0 Å². The maximum Gasteiger partial charge on any atom is 0.243 e. The highest BCUT2D eigenvalue weighted by Crippen LogP contribution is 2.31. The van der Waals surface area contributed by atoms with Crippen molar-refractivity contribution in [1.29, 1.82) is 0 Å². The molecule has 0 bridgehead atoms. The highest BCUT2D eigenvalue weighted by atomic mass is 32.2. The van der Waals surface area contributed by atoms with Gasteiger partial charge in [-0.15, -0.1) is 0 Å². The van der Waals surface area contributed by atoms with Crippen molar-refractivity contribution >= 4 is 10.0 Å². The Morgan fingerprint density at radius 1 is 1.00 bits per heavy atom. The first-order valence-corrected chi connectivity index (χ1v) is 9.24. The first-order chi connectivity index (χ1) is 11.4. The molecule has 0 atom stereocenters. The summed E-state index contributed by atoms with van der Waals surface area (Å²) in [5.74, 6) is 1.36. The van der Waals surface area contributed by atoms with E-state index in [4.69, 9.17) is 9.47 Å². The van der Waals surface area contributed by atoms with E-state index in [1.807, 2.05) is 44.2 Å². The summed E-state index contributed by atoms with van der Waals surface area (Å²) in [6.07, 6.45) is 0. The molecule has 0 radical (unpaired) electrons. The maximum atomic E-state index is 12.9. The molecule has 24 heavy (non-hydrogen) atoms. The van der Waals surface area contributed by atoms with Gasteiger partial charge in [0.25, 0.3) is 0 Å². The van der Waals surface area contributed by atoms with Gasteiger partial charge in [-0.2, -0.15) is 4.31 Å². The lowest BCUT2D eigenvalue weighted by Crippen LogP contribution is -2.27. The molecule has 5 nitrogen and oxygen atoms in total. The van der Waals surface area contributed by atoms with Crippen molar-refractivity contribution < 1.29 is 17.9 Å². The van der Waals surface area contributed by atoms with E-state index in [-0.39, 0.29) is 6.54 Å². The summed E-state index contributed by atoms with van der Waals surface area (Å²) in [5, 5.41) is 0. The van der Waals surface area contributed by atoms with Crippen molar-refractivity contribution in [3.63, 3.8) is 0 Å². The molecule has 2 aromatic carbocycles. The van der Waals surface area contributed by atoms with Crippen molar-refractivity contribution in [2.45, 2.75) is 25.3 Å². The molecule has 0 saturated carbocycles. The second-order valence-electron chi connectivity index (χ2n) is 6.01. The lowest BCUT2D eigenvalue weighted by atomic mass is 10.2. The van der Waals surface area contributed by atoms with E-state index in [2.05, 4.69) is 0 Å². The van der Waals surface area contributed by atoms with Crippen LogP contribution >= 0.6 is 0 Å². The van der Waals surface area contributed by atoms with E-state index in [1.165, 1.54) is 4.31 Å². The van der Waals surface area contributed by atoms with Crippen LogP contribution in [0.2, 0.25) is 0 Å². The van der Waals surface area contributed by atoms with Gasteiger partial charge < -0.3 is 9.47 Å². The predicted molar refractivity (Wildman–Crippen MR) is 92.0 cm³/mol. The van der Waals surface area contributed by atoms with Gasteiger partial charge in [-0.05, 0) is 48.7 Å². The molecule has 0 N–H and O–H groups in total. The molecular weight excluding hydrogens is 326 g/mol. The standard InChI is InChI=1S/C18H21NO4S/c1-13-4-5-14(2)18(10-13)24(20,21)19(3)12-15-6-7-16-17(11-15)23-9-8-22-16/h4-7,10-11H,8-9,12H2,1-3H3. The minimum atomic E-state index is -3.55. The average molecular weight is 347 g/mol. The monoisotopic (exact) mass is 347 g/mol. The molecule has 3 rings (SSSR count). The second kappa shape index (κ2) is 6.45. The lowest BCUT2D eigenvalue weighted by molar-refractivity contribution is 0.171. The third-order valence-corrected chi connectivity index (χ3v) is 5.99. The number of nitrogens with zero attached hydrogens (tertiary/aromatic N) is 1. The van der Waals surface area contributed by atoms with E-state index < -0.39 is 10.0 Å². The number of rotatable bonds is 4. The normalized spacial score (nSPS) is 14.0. The summed E-state index contributed by atoms with van der Waals surface area (Å²) >= 11 is 0. The molecule has 0 aromatic heterocycles. The van der Waals surface area contributed by atoms with Crippen LogP contribution in [0.1, 0.15) is 16.7 Å². The zero-order valence-corrected chi connectivity index (χ0v) is 14.9. The van der Waals surface area contributed by atoms with E-state index in [0.29, 0.717) is 29.6 Å². The average Bonchev–Trinajstić information content (AvgIpc) is 2.56. The molecular formula is C18H21NO4S. The third kappa shape index (κ3) is 3.25. The molecule has 1 aliphatic rings. The van der Waals surface area contributed by atoms with Gasteiger partial charge in [0.2, 0.25) is 10.0 Å². The number of benzene rings is 2. The van der Waals surface area contributed by atoms with Crippen LogP contribution in [0.5, 0.6) is 11.5 Å². The predicted octanol–water partition coefficient (Wildman–Crippen LogP) is 2.90. The molecule has 0 unspecified atom stereocenters. The van der Waals surface area contributed by atoms with Crippen molar-refractivity contribution in [3.05, 3.63) is 53.1 Å². The Labute approximate surface area is 142 Å². The zero-order valence-electron chi connectivity index (χ0n) is 14.1. The third-order valence-electron chi connectivity index (χ3n) is 4.04. The summed E-state index contributed by atoms with van der Waals surface area (Å²) in [5.41, 5.74) is 2.53. The van der Waals surface area contributed by atoms with Crippen LogP contribution in [0, 0.1) is 13.8 Å².